The van der Waals surface area contributed by atoms with Crippen LogP contribution in [0.1, 0.15) is 38.6 Å². The Balaban J connectivity index is 1.46. The first-order valence-electron chi connectivity index (χ1n) is 9.45. The van der Waals surface area contributed by atoms with Crippen molar-refractivity contribution in [2.24, 2.45) is 0 Å². The standard InChI is InChI=1S/C23H20N4O2S/c1-16(17-8-10-18(11-9-17)27-13-12-24-15-27)25-22(28)19-5-2-3-6-20(19)26-23(29)21-7-4-14-30-21/h2-16H,1H3,(H,25,28)(H,26,29). The average Bonchev–Trinajstić information content (AvgIpc) is 3.48. The molecule has 4 rings (SSSR count). The van der Waals surface area contributed by atoms with Crippen molar-refractivity contribution < 1.29 is 9.59 Å². The molecule has 0 fully saturated rings. The van der Waals surface area contributed by atoms with Crippen LogP contribution in [0, 0.1) is 0 Å². The Labute approximate surface area is 178 Å². The highest BCUT2D eigenvalue weighted by Gasteiger charge is 2.17. The minimum Gasteiger partial charge on any atom is -0.345 e. The number of imidazole rings is 1. The number of carbonyl (C=O) groups excluding carboxylic acids is 2. The number of nitrogens with zero attached hydrogens (tertiary/aromatic N) is 2. The van der Waals surface area contributed by atoms with Gasteiger partial charge in [0, 0.05) is 18.1 Å². The van der Waals surface area contributed by atoms with Crippen LogP contribution in [0.4, 0.5) is 5.69 Å². The molecule has 30 heavy (non-hydrogen) atoms. The molecule has 0 aliphatic rings. The Bertz CT molecular complexity index is 1140. The Kier molecular flexibility index (Phi) is 5.72. The van der Waals surface area contributed by atoms with Crippen molar-refractivity contribution >= 4 is 28.8 Å². The molecule has 4 aromatic rings. The molecular weight excluding hydrogens is 396 g/mol. The zero-order chi connectivity index (χ0) is 20.9. The van der Waals surface area contributed by atoms with Crippen LogP contribution < -0.4 is 10.6 Å². The third kappa shape index (κ3) is 4.31. The van der Waals surface area contributed by atoms with E-state index in [-0.39, 0.29) is 17.9 Å². The first-order valence-corrected chi connectivity index (χ1v) is 10.3. The van der Waals surface area contributed by atoms with Gasteiger partial charge in [-0.3, -0.25) is 9.59 Å². The van der Waals surface area contributed by atoms with Gasteiger partial charge in [-0.15, -0.1) is 11.3 Å². The maximum atomic E-state index is 12.9. The van der Waals surface area contributed by atoms with Crippen molar-refractivity contribution in [2.75, 3.05) is 5.32 Å². The maximum Gasteiger partial charge on any atom is 0.265 e. The van der Waals surface area contributed by atoms with Crippen molar-refractivity contribution in [2.45, 2.75) is 13.0 Å². The second kappa shape index (κ2) is 8.75. The van der Waals surface area contributed by atoms with Crippen molar-refractivity contribution in [3.8, 4) is 5.69 Å². The first kappa shape index (κ1) is 19.6. The average molecular weight is 417 g/mol. The Morgan fingerprint density at radius 1 is 1.00 bits per heavy atom. The third-order valence-corrected chi connectivity index (χ3v) is 5.58. The van der Waals surface area contributed by atoms with Gasteiger partial charge in [-0.25, -0.2) is 4.98 Å². The Morgan fingerprint density at radius 3 is 2.50 bits per heavy atom. The number of benzene rings is 2. The number of rotatable bonds is 6. The summed E-state index contributed by atoms with van der Waals surface area (Å²) in [6, 6.07) is 18.3. The normalized spacial score (nSPS) is 11.6. The molecule has 2 amide bonds. The molecule has 2 aromatic heterocycles. The second-order valence-corrected chi connectivity index (χ2v) is 7.68. The molecule has 0 aliphatic carbocycles. The summed E-state index contributed by atoms with van der Waals surface area (Å²) < 4.78 is 1.92. The van der Waals surface area contributed by atoms with E-state index in [2.05, 4.69) is 15.6 Å². The molecule has 2 N–H and O–H groups in total. The molecule has 0 saturated carbocycles. The molecule has 1 unspecified atom stereocenters. The molecule has 0 aliphatic heterocycles. The third-order valence-electron chi connectivity index (χ3n) is 4.71. The number of hydrogen-bond acceptors (Lipinski definition) is 4. The number of anilines is 1. The van der Waals surface area contributed by atoms with Gasteiger partial charge in [0.2, 0.25) is 0 Å². The summed E-state index contributed by atoms with van der Waals surface area (Å²) in [5.41, 5.74) is 2.88. The molecule has 0 spiro atoms. The summed E-state index contributed by atoms with van der Waals surface area (Å²) >= 11 is 1.35. The number of aromatic nitrogens is 2. The highest BCUT2D eigenvalue weighted by molar-refractivity contribution is 7.12. The van der Waals surface area contributed by atoms with E-state index in [1.807, 2.05) is 53.4 Å². The number of nitrogens with one attached hydrogen (secondary N) is 2. The molecule has 2 aromatic carbocycles. The quantitative estimate of drug-likeness (QED) is 0.479. The number of thiophene rings is 1. The van der Waals surface area contributed by atoms with Gasteiger partial charge in [-0.2, -0.15) is 0 Å². The lowest BCUT2D eigenvalue weighted by Gasteiger charge is -2.17. The smallest absolute Gasteiger partial charge is 0.265 e. The van der Waals surface area contributed by atoms with Gasteiger partial charge < -0.3 is 15.2 Å². The Morgan fingerprint density at radius 2 is 1.80 bits per heavy atom. The predicted octanol–water partition coefficient (Wildman–Crippen LogP) is 4.68. The van der Waals surface area contributed by atoms with Crippen LogP contribution in [-0.4, -0.2) is 21.4 Å². The summed E-state index contributed by atoms with van der Waals surface area (Å²) in [5, 5.41) is 7.68. The van der Waals surface area contributed by atoms with E-state index in [0.29, 0.717) is 16.1 Å². The van der Waals surface area contributed by atoms with Crippen molar-refractivity contribution in [3.63, 3.8) is 0 Å². The summed E-state index contributed by atoms with van der Waals surface area (Å²) in [6.45, 7) is 1.93. The van der Waals surface area contributed by atoms with Crippen molar-refractivity contribution in [1.29, 1.82) is 0 Å². The molecular formula is C23H20N4O2S. The SMILES string of the molecule is CC(NC(=O)c1ccccc1NC(=O)c1cccs1)c1ccc(-n2ccnc2)cc1. The zero-order valence-corrected chi connectivity index (χ0v) is 17.1. The van der Waals surface area contributed by atoms with Crippen LogP contribution in [0.2, 0.25) is 0 Å². The lowest BCUT2D eigenvalue weighted by molar-refractivity contribution is 0.0941. The molecule has 150 valence electrons. The van der Waals surface area contributed by atoms with Crippen LogP contribution in [0.15, 0.2) is 84.8 Å². The highest BCUT2D eigenvalue weighted by Crippen LogP contribution is 2.20. The molecule has 6 nitrogen and oxygen atoms in total. The monoisotopic (exact) mass is 416 g/mol. The minimum absolute atomic E-state index is 0.199. The summed E-state index contributed by atoms with van der Waals surface area (Å²) in [7, 11) is 0. The van der Waals surface area contributed by atoms with E-state index in [0.717, 1.165) is 11.3 Å². The molecule has 0 bridgehead atoms. The van der Waals surface area contributed by atoms with Gasteiger partial charge in [0.15, 0.2) is 0 Å². The fraction of sp³-hybridized carbons (Fsp3) is 0.0870. The van der Waals surface area contributed by atoms with Gasteiger partial charge in [0.05, 0.1) is 28.5 Å². The topological polar surface area (TPSA) is 76.0 Å². The predicted molar refractivity (Wildman–Crippen MR) is 118 cm³/mol. The lowest BCUT2D eigenvalue weighted by Crippen LogP contribution is -2.28. The number of hydrogen-bond donors (Lipinski definition) is 2. The maximum absolute atomic E-state index is 12.9. The largest absolute Gasteiger partial charge is 0.345 e. The van der Waals surface area contributed by atoms with Gasteiger partial charge in [-0.1, -0.05) is 30.3 Å². The summed E-state index contributed by atoms with van der Waals surface area (Å²) in [5.74, 6) is -0.475. The van der Waals surface area contributed by atoms with Gasteiger partial charge in [-0.05, 0) is 48.2 Å². The highest BCUT2D eigenvalue weighted by atomic mass is 32.1. The second-order valence-electron chi connectivity index (χ2n) is 6.73. The van der Waals surface area contributed by atoms with E-state index in [4.69, 9.17) is 0 Å². The van der Waals surface area contributed by atoms with E-state index >= 15 is 0 Å². The fourth-order valence-corrected chi connectivity index (χ4v) is 3.71. The molecule has 1 atom stereocenters. The van der Waals surface area contributed by atoms with Crippen molar-refractivity contribution in [1.82, 2.24) is 14.9 Å². The fourth-order valence-electron chi connectivity index (χ4n) is 3.09. The van der Waals surface area contributed by atoms with Gasteiger partial charge >= 0.3 is 0 Å². The summed E-state index contributed by atoms with van der Waals surface area (Å²) in [6.07, 6.45) is 5.34. The number of amides is 2. The van der Waals surface area contributed by atoms with E-state index in [1.54, 1.807) is 42.9 Å². The number of carbonyl (C=O) groups is 2. The van der Waals surface area contributed by atoms with Crippen LogP contribution in [0.5, 0.6) is 0 Å². The van der Waals surface area contributed by atoms with Crippen LogP contribution in [0.3, 0.4) is 0 Å². The molecule has 0 radical (unpaired) electrons. The van der Waals surface area contributed by atoms with Gasteiger partial charge in [0.25, 0.3) is 11.8 Å². The van der Waals surface area contributed by atoms with E-state index in [9.17, 15) is 9.59 Å². The van der Waals surface area contributed by atoms with E-state index in [1.165, 1.54) is 11.3 Å². The minimum atomic E-state index is -0.247. The van der Waals surface area contributed by atoms with Crippen molar-refractivity contribution in [3.05, 3.63) is 101 Å². The molecule has 7 heteroatoms. The Hall–Kier alpha value is -3.71. The van der Waals surface area contributed by atoms with Crippen LogP contribution >= 0.6 is 11.3 Å². The molecule has 0 saturated heterocycles. The lowest BCUT2D eigenvalue weighted by atomic mass is 10.1. The van der Waals surface area contributed by atoms with Crippen LogP contribution in [0.25, 0.3) is 5.69 Å². The summed E-state index contributed by atoms with van der Waals surface area (Å²) in [4.78, 5) is 29.9. The van der Waals surface area contributed by atoms with Crippen LogP contribution in [-0.2, 0) is 0 Å². The number of para-hydroxylation sites is 1. The molecule has 2 heterocycles. The zero-order valence-electron chi connectivity index (χ0n) is 16.3. The van der Waals surface area contributed by atoms with Gasteiger partial charge in [0.1, 0.15) is 0 Å². The first-order chi connectivity index (χ1) is 14.6. The van der Waals surface area contributed by atoms with E-state index < -0.39 is 0 Å².